The maximum Gasteiger partial charge on any atom is 0.349 e. The summed E-state index contributed by atoms with van der Waals surface area (Å²) < 4.78 is 13.7. The number of ether oxygens (including phenoxy) is 2. The van der Waals surface area contributed by atoms with E-state index >= 15 is 0 Å². The zero-order valence-corrected chi connectivity index (χ0v) is 19.1. The molecule has 4 rings (SSSR count). The van der Waals surface area contributed by atoms with E-state index in [1.54, 1.807) is 24.3 Å². The van der Waals surface area contributed by atoms with Crippen LogP contribution >= 0.6 is 0 Å². The minimum Gasteiger partial charge on any atom is -1.00 e. The normalized spacial score (nSPS) is 17.9. The molecule has 1 saturated heterocycles. The monoisotopic (exact) mass is 482 g/mol. The standard InChI is InChI=1S/C22H26N4O4.2ClH/c23-22(24)26-10-8-14-1-6-18(11-16(14)13-26)30-20(21(27)28)15-2-4-17(5-3-15)29-19-7-9-25-12-19;;/h1-6,11,19-20,25H,7-10,12-13H2,(H4,23,24,27,28);2*1H/t19-,20?;;/m0../s1. The SMILES string of the molecule is NC(N)=[N+]1CCc2ccc(OC(C(=O)O)c3ccc(O[C@H]4CC[NH2+]C4)cc3)cc2C1.[Cl-].[Cl-]. The second-order valence-electron chi connectivity index (χ2n) is 7.77. The molecule has 0 radical (unpaired) electrons. The van der Waals surface area contributed by atoms with Crippen molar-refractivity contribution in [2.24, 2.45) is 11.5 Å². The molecule has 7 N–H and O–H groups in total. The summed E-state index contributed by atoms with van der Waals surface area (Å²) in [6, 6.07) is 12.8. The van der Waals surface area contributed by atoms with Crippen LogP contribution in [0.2, 0.25) is 0 Å². The van der Waals surface area contributed by atoms with Gasteiger partial charge in [-0.1, -0.05) is 18.2 Å². The summed E-state index contributed by atoms with van der Waals surface area (Å²) in [4.78, 5) is 11.9. The molecule has 2 heterocycles. The van der Waals surface area contributed by atoms with Gasteiger partial charge in [-0.05, 0) is 35.4 Å². The van der Waals surface area contributed by atoms with Gasteiger partial charge >= 0.3 is 11.9 Å². The summed E-state index contributed by atoms with van der Waals surface area (Å²) in [7, 11) is 0. The minimum absolute atomic E-state index is 0. The maximum absolute atomic E-state index is 11.9. The predicted octanol–water partition coefficient (Wildman–Crippen LogP) is -6.04. The third-order valence-corrected chi connectivity index (χ3v) is 5.64. The Morgan fingerprint density at radius 3 is 2.44 bits per heavy atom. The van der Waals surface area contributed by atoms with E-state index in [2.05, 4.69) is 5.32 Å². The fraction of sp³-hybridized carbons (Fsp3) is 0.364. The molecule has 0 aromatic heterocycles. The van der Waals surface area contributed by atoms with Crippen molar-refractivity contribution in [3.05, 3.63) is 59.2 Å². The van der Waals surface area contributed by atoms with Crippen LogP contribution in [0.25, 0.3) is 0 Å². The summed E-state index contributed by atoms with van der Waals surface area (Å²) in [6.07, 6.45) is 0.946. The van der Waals surface area contributed by atoms with E-state index in [1.807, 2.05) is 22.8 Å². The first kappa shape index (κ1) is 25.6. The first-order valence-electron chi connectivity index (χ1n) is 10.2. The van der Waals surface area contributed by atoms with Crippen molar-refractivity contribution >= 4 is 11.9 Å². The van der Waals surface area contributed by atoms with Gasteiger partial charge in [0, 0.05) is 18.4 Å². The number of hydrogen-bond acceptors (Lipinski definition) is 3. The zero-order chi connectivity index (χ0) is 21.1. The van der Waals surface area contributed by atoms with Crippen molar-refractivity contribution in [3.8, 4) is 11.5 Å². The fourth-order valence-electron chi connectivity index (χ4n) is 3.97. The lowest BCUT2D eigenvalue weighted by Crippen LogP contribution is -3.00. The molecule has 0 spiro atoms. The van der Waals surface area contributed by atoms with Crippen LogP contribution in [-0.4, -0.2) is 47.3 Å². The van der Waals surface area contributed by atoms with E-state index in [-0.39, 0.29) is 36.9 Å². The van der Waals surface area contributed by atoms with Gasteiger partial charge in [0.2, 0.25) is 6.10 Å². The van der Waals surface area contributed by atoms with Crippen molar-refractivity contribution in [3.63, 3.8) is 0 Å². The van der Waals surface area contributed by atoms with Crippen LogP contribution in [0.3, 0.4) is 0 Å². The van der Waals surface area contributed by atoms with Crippen LogP contribution in [0, 0.1) is 0 Å². The van der Waals surface area contributed by atoms with E-state index in [0.29, 0.717) is 17.9 Å². The number of fused-ring (bicyclic) bond motifs is 1. The number of nitrogens with two attached hydrogens (primary N) is 3. The van der Waals surface area contributed by atoms with Crippen LogP contribution in [0.5, 0.6) is 11.5 Å². The molecule has 1 fully saturated rings. The maximum atomic E-state index is 11.9. The number of guanidine groups is 1. The molecule has 10 heteroatoms. The Hall–Kier alpha value is -2.68. The van der Waals surface area contributed by atoms with E-state index < -0.39 is 12.1 Å². The van der Waals surface area contributed by atoms with E-state index in [9.17, 15) is 9.90 Å². The molecular weight excluding hydrogens is 455 g/mol. The van der Waals surface area contributed by atoms with E-state index in [1.165, 1.54) is 5.56 Å². The first-order chi connectivity index (χ1) is 14.5. The molecule has 0 aliphatic carbocycles. The largest absolute Gasteiger partial charge is 1.00 e. The first-order valence-corrected chi connectivity index (χ1v) is 10.2. The summed E-state index contributed by atoms with van der Waals surface area (Å²) >= 11 is 0. The van der Waals surface area contributed by atoms with Crippen LogP contribution in [0.1, 0.15) is 29.2 Å². The molecule has 0 bridgehead atoms. The molecule has 32 heavy (non-hydrogen) atoms. The molecular formula is C22H28Cl2N4O4. The molecule has 174 valence electrons. The highest BCUT2D eigenvalue weighted by molar-refractivity contribution is 5.75. The lowest BCUT2D eigenvalue weighted by molar-refractivity contribution is -0.638. The van der Waals surface area contributed by atoms with Crippen LogP contribution in [0.15, 0.2) is 42.5 Å². The third-order valence-electron chi connectivity index (χ3n) is 5.64. The zero-order valence-electron chi connectivity index (χ0n) is 17.5. The second kappa shape index (κ2) is 11.3. The van der Waals surface area contributed by atoms with Gasteiger partial charge in [0.1, 0.15) is 18.0 Å². The van der Waals surface area contributed by atoms with Gasteiger partial charge in [-0.2, -0.15) is 0 Å². The average Bonchev–Trinajstić information content (AvgIpc) is 3.25. The molecule has 2 aliphatic heterocycles. The van der Waals surface area contributed by atoms with Crippen LogP contribution in [0.4, 0.5) is 0 Å². The number of rotatable bonds is 6. The lowest BCUT2D eigenvalue weighted by Gasteiger charge is -2.21. The average molecular weight is 483 g/mol. The van der Waals surface area contributed by atoms with Crippen molar-refractivity contribution in [1.29, 1.82) is 0 Å². The number of carbonyl (C=O) groups is 1. The van der Waals surface area contributed by atoms with Crippen molar-refractivity contribution in [1.82, 2.24) is 0 Å². The molecule has 0 saturated carbocycles. The van der Waals surface area contributed by atoms with Crippen LogP contribution < -0.4 is 51.1 Å². The van der Waals surface area contributed by atoms with Gasteiger partial charge in [-0.15, -0.1) is 0 Å². The number of carboxylic acids is 1. The van der Waals surface area contributed by atoms with Crippen molar-refractivity contribution < 1.29 is 54.1 Å². The highest BCUT2D eigenvalue weighted by atomic mass is 35.5. The topological polar surface area (TPSA) is 127 Å². The summed E-state index contributed by atoms with van der Waals surface area (Å²) in [6.45, 7) is 3.37. The fourth-order valence-corrected chi connectivity index (χ4v) is 3.97. The highest BCUT2D eigenvalue weighted by Crippen LogP contribution is 2.28. The quantitative estimate of drug-likeness (QED) is 0.239. The smallest absolute Gasteiger partial charge is 0.349 e. The molecule has 2 atom stereocenters. The predicted molar refractivity (Wildman–Crippen MR) is 110 cm³/mol. The summed E-state index contributed by atoms with van der Waals surface area (Å²) in [5.41, 5.74) is 14.2. The van der Waals surface area contributed by atoms with Crippen LogP contribution in [-0.2, 0) is 17.8 Å². The Morgan fingerprint density at radius 2 is 1.81 bits per heavy atom. The Morgan fingerprint density at radius 1 is 1.09 bits per heavy atom. The number of aliphatic carboxylic acids is 1. The van der Waals surface area contributed by atoms with E-state index in [0.717, 1.165) is 43.8 Å². The summed E-state index contributed by atoms with van der Waals surface area (Å²) in [5, 5.41) is 12.0. The number of benzene rings is 2. The lowest BCUT2D eigenvalue weighted by atomic mass is 10.0. The Kier molecular flexibility index (Phi) is 9.00. The Balaban J connectivity index is 0.00000181. The highest BCUT2D eigenvalue weighted by Gasteiger charge is 2.24. The minimum atomic E-state index is -1.11. The number of hydrogen-bond donors (Lipinski definition) is 4. The van der Waals surface area contributed by atoms with Gasteiger partial charge in [0.25, 0.3) is 0 Å². The molecule has 1 unspecified atom stereocenters. The van der Waals surface area contributed by atoms with Gasteiger partial charge in [-0.3, -0.25) is 16.0 Å². The van der Waals surface area contributed by atoms with Crippen molar-refractivity contribution in [2.45, 2.75) is 31.6 Å². The Bertz CT molecular complexity index is 959. The number of quaternary nitrogens is 1. The molecule has 2 aromatic carbocycles. The summed E-state index contributed by atoms with van der Waals surface area (Å²) in [5.74, 6) is 0.481. The number of carboxylic acid groups (broad SMARTS) is 1. The van der Waals surface area contributed by atoms with E-state index in [4.69, 9.17) is 20.9 Å². The molecule has 0 amide bonds. The number of halogens is 2. The van der Waals surface area contributed by atoms with Crippen molar-refractivity contribution in [2.75, 3.05) is 19.6 Å². The van der Waals surface area contributed by atoms with Gasteiger partial charge in [0.15, 0.2) is 6.10 Å². The molecule has 2 aromatic rings. The second-order valence-corrected chi connectivity index (χ2v) is 7.77. The van der Waals surface area contributed by atoms with Gasteiger partial charge < -0.3 is 44.7 Å². The third kappa shape index (κ3) is 5.97. The molecule has 2 aliphatic rings. The van der Waals surface area contributed by atoms with Gasteiger partial charge in [-0.25, -0.2) is 4.79 Å². The number of nitrogens with zero attached hydrogens (tertiary/aromatic N) is 1. The molecule has 8 nitrogen and oxygen atoms in total. The Labute approximate surface area is 199 Å². The van der Waals surface area contributed by atoms with Gasteiger partial charge in [0.05, 0.1) is 19.6 Å².